The molecule has 234 valence electrons. The van der Waals surface area contributed by atoms with E-state index in [2.05, 4.69) is 11.9 Å². The van der Waals surface area contributed by atoms with Gasteiger partial charge in [0.15, 0.2) is 11.6 Å². The summed E-state index contributed by atoms with van der Waals surface area (Å²) in [5.41, 5.74) is 4.83. The van der Waals surface area contributed by atoms with Gasteiger partial charge in [-0.1, -0.05) is 38.1 Å². The lowest BCUT2D eigenvalue weighted by atomic mass is 9.89. The molecule has 3 aromatic rings. The van der Waals surface area contributed by atoms with Crippen LogP contribution in [0.15, 0.2) is 78.4 Å². The van der Waals surface area contributed by atoms with Gasteiger partial charge in [-0.25, -0.2) is 9.38 Å². The van der Waals surface area contributed by atoms with Crippen molar-refractivity contribution in [1.82, 2.24) is 0 Å². The number of Topliss-reactive ketones (excluding diaryl/α,β-unsaturated/α-hetero) is 1. The van der Waals surface area contributed by atoms with Gasteiger partial charge in [-0.05, 0) is 92.1 Å². The molecule has 0 unspecified atom stereocenters. The number of aryl methyl sites for hydroxylation is 1. The Morgan fingerprint density at radius 3 is 2.62 bits per heavy atom. The monoisotopic (exact) mass is 610 g/mol. The first kappa shape index (κ1) is 33.2. The van der Waals surface area contributed by atoms with E-state index in [1.54, 1.807) is 25.3 Å². The number of carbonyl (C=O) groups is 1. The van der Waals surface area contributed by atoms with Crippen molar-refractivity contribution in [3.63, 3.8) is 0 Å². The summed E-state index contributed by atoms with van der Waals surface area (Å²) in [6, 6.07) is 15.9. The van der Waals surface area contributed by atoms with Crippen LogP contribution in [0.4, 0.5) is 20.2 Å². The van der Waals surface area contributed by atoms with Crippen LogP contribution in [-0.4, -0.2) is 23.8 Å². The molecule has 1 aliphatic rings. The van der Waals surface area contributed by atoms with Crippen LogP contribution in [0, 0.1) is 28.4 Å². The maximum Gasteiger partial charge on any atom is 0.207 e. The summed E-state index contributed by atoms with van der Waals surface area (Å²) in [7, 11) is 0. The second-order valence-electron chi connectivity index (χ2n) is 11.1. The van der Waals surface area contributed by atoms with Crippen LogP contribution in [0.25, 0.3) is 5.57 Å². The highest BCUT2D eigenvalue weighted by Crippen LogP contribution is 2.32. The smallest absolute Gasteiger partial charge is 0.207 e. The fraction of sp³-hybridized carbons (Fsp3) is 0.297. The molecule has 0 fully saturated rings. The van der Waals surface area contributed by atoms with Crippen LogP contribution in [0.1, 0.15) is 73.5 Å². The van der Waals surface area contributed by atoms with Crippen LogP contribution in [0.2, 0.25) is 0 Å². The van der Waals surface area contributed by atoms with Crippen LogP contribution >= 0.6 is 0 Å². The average Bonchev–Trinajstić information content (AvgIpc) is 3.24. The fourth-order valence-corrected chi connectivity index (χ4v) is 5.40. The predicted molar refractivity (Wildman–Crippen MR) is 178 cm³/mol. The first-order valence-corrected chi connectivity index (χ1v) is 15.3. The van der Waals surface area contributed by atoms with E-state index in [-0.39, 0.29) is 35.3 Å². The molecule has 1 heterocycles. The Labute approximate surface area is 263 Å². The lowest BCUT2D eigenvalue weighted by molar-refractivity contribution is 0.105. The van der Waals surface area contributed by atoms with Gasteiger partial charge in [-0.15, -0.1) is 6.58 Å². The van der Waals surface area contributed by atoms with Crippen LogP contribution in [-0.2, 0) is 12.8 Å². The molecule has 0 amide bonds. The Bertz CT molecular complexity index is 1730. The summed E-state index contributed by atoms with van der Waals surface area (Å²) >= 11 is 0. The number of allylic oxidation sites excluding steroid dienone is 2. The van der Waals surface area contributed by atoms with Crippen molar-refractivity contribution in [2.45, 2.75) is 59.3 Å². The maximum absolute atomic E-state index is 15.0. The highest BCUT2D eigenvalue weighted by Gasteiger charge is 2.23. The first-order valence-electron chi connectivity index (χ1n) is 15.3. The van der Waals surface area contributed by atoms with Gasteiger partial charge in [-0.2, -0.15) is 4.39 Å². The zero-order valence-corrected chi connectivity index (χ0v) is 26.1. The third-order valence-electron chi connectivity index (χ3n) is 7.84. The van der Waals surface area contributed by atoms with Gasteiger partial charge in [-0.3, -0.25) is 4.79 Å². The minimum Gasteiger partial charge on any atom is -0.491 e. The topological polar surface area (TPSA) is 98.4 Å². The molecule has 1 atom stereocenters. The summed E-state index contributed by atoms with van der Waals surface area (Å²) in [6.07, 6.45) is 7.16. The molecule has 3 aromatic carbocycles. The number of hydrogen-bond acceptors (Lipinski definition) is 6. The van der Waals surface area contributed by atoms with E-state index < -0.39 is 11.6 Å². The number of unbranched alkanes of at least 4 members (excludes halogenated alkanes) is 1. The van der Waals surface area contributed by atoms with Crippen molar-refractivity contribution in [1.29, 1.82) is 10.8 Å². The number of fused-ring (bicyclic) bond motifs is 1. The summed E-state index contributed by atoms with van der Waals surface area (Å²) in [6.45, 7) is 9.44. The number of nitrogens with zero attached hydrogens (tertiary/aromatic N) is 1. The van der Waals surface area contributed by atoms with Gasteiger partial charge in [0.2, 0.25) is 11.6 Å². The Kier molecular flexibility index (Phi) is 11.3. The number of ketones is 1. The molecule has 0 spiro atoms. The van der Waals surface area contributed by atoms with Gasteiger partial charge in [0.25, 0.3) is 0 Å². The summed E-state index contributed by atoms with van der Waals surface area (Å²) in [5, 5.41) is 20.7. The zero-order valence-electron chi connectivity index (χ0n) is 26.1. The van der Waals surface area contributed by atoms with Crippen LogP contribution < -0.4 is 15.4 Å². The van der Waals surface area contributed by atoms with E-state index >= 15 is 0 Å². The number of carbonyl (C=O) groups excluding carboxylic acids is 1. The number of ether oxygens (including phenoxy) is 1. The largest absolute Gasteiger partial charge is 0.491 e. The van der Waals surface area contributed by atoms with Gasteiger partial charge >= 0.3 is 0 Å². The Hall–Kier alpha value is -4.72. The van der Waals surface area contributed by atoms with Crippen molar-refractivity contribution in [2.24, 2.45) is 10.9 Å². The molecule has 4 rings (SSSR count). The fourth-order valence-electron chi connectivity index (χ4n) is 5.40. The molecule has 1 aliphatic heterocycles. The standard InChI is InChI=1S/C37H40F2N4O2/c1-5-8-9-13-27(40)19-23(4)35(41)37(44)30-16-15-28(21-24(30)6-2)43-31-14-11-10-12-25-20-26(22-42-36(25)31)29-17-18-32(45-7-3)34(39)33(29)38/h5,10-12,14-18,21-23,40-42H,1,6-9,13,19-20H2,2-4H3/t23-/m0/s1. The van der Waals surface area contributed by atoms with E-state index in [4.69, 9.17) is 20.5 Å². The number of anilines is 1. The van der Waals surface area contributed by atoms with Gasteiger partial charge in [0.1, 0.15) is 0 Å². The number of halogens is 2. The Balaban J connectivity index is 1.58. The Morgan fingerprint density at radius 1 is 1.11 bits per heavy atom. The molecule has 0 aromatic heterocycles. The Morgan fingerprint density at radius 2 is 1.89 bits per heavy atom. The second-order valence-corrected chi connectivity index (χ2v) is 11.1. The molecule has 3 N–H and O–H groups in total. The van der Waals surface area contributed by atoms with Crippen molar-refractivity contribution < 1.29 is 18.3 Å². The average molecular weight is 611 g/mol. The molecular formula is C37H40F2N4O2. The van der Waals surface area contributed by atoms with E-state index in [1.807, 2.05) is 50.3 Å². The number of rotatable bonds is 14. The summed E-state index contributed by atoms with van der Waals surface area (Å²) in [4.78, 5) is 18.2. The van der Waals surface area contributed by atoms with Crippen molar-refractivity contribution in [3.8, 4) is 5.75 Å². The zero-order chi connectivity index (χ0) is 32.5. The molecule has 0 aliphatic carbocycles. The molecular weight excluding hydrogens is 570 g/mol. The van der Waals surface area contributed by atoms with E-state index in [0.717, 1.165) is 29.7 Å². The van der Waals surface area contributed by atoms with Crippen LogP contribution in [0.5, 0.6) is 5.75 Å². The van der Waals surface area contributed by atoms with Gasteiger partial charge in [0.05, 0.1) is 29.1 Å². The molecule has 0 saturated heterocycles. The van der Waals surface area contributed by atoms with E-state index in [9.17, 15) is 13.6 Å². The number of nitrogens with one attached hydrogen (secondary N) is 3. The normalized spacial score (nSPS) is 13.3. The molecule has 45 heavy (non-hydrogen) atoms. The number of benzene rings is 2. The molecule has 0 radical (unpaired) electrons. The van der Waals surface area contributed by atoms with E-state index in [0.29, 0.717) is 53.6 Å². The molecule has 0 bridgehead atoms. The maximum atomic E-state index is 15.0. The SMILES string of the molecule is C=CCCCC(=N)C[C@H](C)C(=N)C(=O)c1ccc(N=c2ccccc3c2NC=C(c2ccc(OCC)c(F)c2F)C3)cc1CC. The third-order valence-corrected chi connectivity index (χ3v) is 7.84. The third kappa shape index (κ3) is 7.87. The lowest BCUT2D eigenvalue weighted by Crippen LogP contribution is -2.24. The highest BCUT2D eigenvalue weighted by molar-refractivity contribution is 6.46. The number of hydrogen-bond donors (Lipinski definition) is 3. The van der Waals surface area contributed by atoms with Crippen molar-refractivity contribution in [3.05, 3.63) is 113 Å². The lowest BCUT2D eigenvalue weighted by Gasteiger charge is -2.19. The summed E-state index contributed by atoms with van der Waals surface area (Å²) in [5.74, 6) is -2.75. The minimum absolute atomic E-state index is 0.00246. The van der Waals surface area contributed by atoms with E-state index in [1.165, 1.54) is 12.1 Å². The van der Waals surface area contributed by atoms with Crippen molar-refractivity contribution in [2.75, 3.05) is 11.9 Å². The highest BCUT2D eigenvalue weighted by atomic mass is 19.2. The van der Waals surface area contributed by atoms with Gasteiger partial charge in [0, 0.05) is 35.4 Å². The first-order chi connectivity index (χ1) is 21.7. The predicted octanol–water partition coefficient (Wildman–Crippen LogP) is 8.77. The molecule has 6 nitrogen and oxygen atoms in total. The quantitative estimate of drug-likeness (QED) is 0.0736. The van der Waals surface area contributed by atoms with Crippen LogP contribution in [0.3, 0.4) is 0 Å². The minimum atomic E-state index is -1.01. The van der Waals surface area contributed by atoms with Crippen molar-refractivity contribution >= 4 is 34.2 Å². The van der Waals surface area contributed by atoms with Gasteiger partial charge < -0.3 is 20.9 Å². The second kappa shape index (κ2) is 15.3. The summed E-state index contributed by atoms with van der Waals surface area (Å²) < 4.78 is 34.7. The molecule has 8 heteroatoms. The molecule has 0 saturated carbocycles.